The van der Waals surface area contributed by atoms with Crippen molar-refractivity contribution in [3.05, 3.63) is 158 Å². The maximum absolute atomic E-state index is 5.16. The van der Waals surface area contributed by atoms with Crippen molar-refractivity contribution >= 4 is 86.5 Å². The molecule has 4 nitrogen and oxygen atoms in total. The smallest absolute Gasteiger partial charge is 0.124 e. The average Bonchev–Trinajstić information content (AvgIpc) is 4.00. The van der Waals surface area contributed by atoms with Crippen molar-refractivity contribution in [3.8, 4) is 48.5 Å². The zero-order chi connectivity index (χ0) is 34.2. The monoisotopic (exact) mass is 718 g/mol. The number of rotatable bonds is 5. The number of para-hydroxylation sites is 2. The first-order chi connectivity index (χ1) is 25.7. The minimum Gasteiger partial charge on any atom is -0.309 e. The maximum Gasteiger partial charge on any atom is 0.124 e. The van der Waals surface area contributed by atoms with E-state index in [0.717, 1.165) is 65.0 Å². The molecule has 0 aliphatic rings. The molecule has 4 aromatic heterocycles. The van der Waals surface area contributed by atoms with Crippen LogP contribution < -0.4 is 0 Å². The van der Waals surface area contributed by atoms with Crippen LogP contribution in [0.1, 0.15) is 0 Å². The van der Waals surface area contributed by atoms with Crippen molar-refractivity contribution in [2.75, 3.05) is 0 Å². The first-order valence-electron chi connectivity index (χ1n) is 17.1. The van der Waals surface area contributed by atoms with Crippen LogP contribution >= 0.6 is 34.0 Å². The van der Waals surface area contributed by atoms with Crippen molar-refractivity contribution in [3.63, 3.8) is 0 Å². The number of hydrogen-bond acceptors (Lipinski definition) is 6. The van der Waals surface area contributed by atoms with Crippen LogP contribution in [0.4, 0.5) is 0 Å². The van der Waals surface area contributed by atoms with Gasteiger partial charge >= 0.3 is 0 Å². The summed E-state index contributed by atoms with van der Waals surface area (Å²) < 4.78 is 5.98. The van der Waals surface area contributed by atoms with E-state index in [2.05, 4.69) is 156 Å². The Bertz CT molecular complexity index is 3060. The molecule has 0 aliphatic carbocycles. The summed E-state index contributed by atoms with van der Waals surface area (Å²) in [5.74, 6) is 0. The second-order valence-electron chi connectivity index (χ2n) is 12.9. The number of thiazole rings is 3. The fourth-order valence-electron chi connectivity index (χ4n) is 7.23. The number of benzene rings is 7. The molecule has 0 bridgehead atoms. The third kappa shape index (κ3) is 4.82. The molecule has 244 valence electrons. The van der Waals surface area contributed by atoms with Crippen LogP contribution in [0, 0.1) is 0 Å². The summed E-state index contributed by atoms with van der Waals surface area (Å²) in [6.07, 6.45) is 0. The summed E-state index contributed by atoms with van der Waals surface area (Å²) in [6, 6.07) is 56.1. The molecule has 0 spiro atoms. The predicted octanol–water partition coefficient (Wildman–Crippen LogP) is 13.3. The van der Waals surface area contributed by atoms with E-state index in [1.54, 1.807) is 34.0 Å². The van der Waals surface area contributed by atoms with Crippen molar-refractivity contribution in [1.29, 1.82) is 0 Å². The van der Waals surface area contributed by atoms with E-state index in [9.17, 15) is 0 Å². The van der Waals surface area contributed by atoms with Gasteiger partial charge in [-0.1, -0.05) is 66.7 Å². The van der Waals surface area contributed by atoms with Gasteiger partial charge in [-0.05, 0) is 96.6 Å². The van der Waals surface area contributed by atoms with Gasteiger partial charge in [-0.2, -0.15) is 0 Å². The van der Waals surface area contributed by atoms with Crippen LogP contribution in [0.5, 0.6) is 0 Å². The summed E-state index contributed by atoms with van der Waals surface area (Å²) in [6.45, 7) is 0. The van der Waals surface area contributed by atoms with Gasteiger partial charge in [-0.3, -0.25) is 0 Å². The first-order valence-corrected chi connectivity index (χ1v) is 19.5. The summed E-state index contributed by atoms with van der Waals surface area (Å²) >= 11 is 5.23. The van der Waals surface area contributed by atoms with Crippen molar-refractivity contribution in [2.24, 2.45) is 0 Å². The molecule has 4 heterocycles. The Morgan fingerprint density at radius 2 is 0.904 bits per heavy atom. The zero-order valence-corrected chi connectivity index (χ0v) is 30.0. The Balaban J connectivity index is 1.08. The molecule has 0 aliphatic heterocycles. The average molecular weight is 719 g/mol. The number of fused-ring (bicyclic) bond motifs is 6. The molecule has 7 aromatic carbocycles. The van der Waals surface area contributed by atoms with Gasteiger partial charge in [0.1, 0.15) is 15.0 Å². The van der Waals surface area contributed by atoms with Gasteiger partial charge in [0, 0.05) is 38.7 Å². The van der Waals surface area contributed by atoms with Crippen LogP contribution in [0.15, 0.2) is 158 Å². The summed E-state index contributed by atoms with van der Waals surface area (Å²) in [4.78, 5) is 15.1. The van der Waals surface area contributed by atoms with E-state index < -0.39 is 0 Å². The predicted molar refractivity (Wildman–Crippen MR) is 222 cm³/mol. The molecule has 0 N–H and O–H groups in total. The Morgan fingerprint density at radius 1 is 0.385 bits per heavy atom. The highest BCUT2D eigenvalue weighted by atomic mass is 32.1. The van der Waals surface area contributed by atoms with Crippen LogP contribution in [0.3, 0.4) is 0 Å². The molecule has 0 saturated heterocycles. The molecule has 0 amide bonds. The Morgan fingerprint density at radius 3 is 1.54 bits per heavy atom. The lowest BCUT2D eigenvalue weighted by atomic mass is 10.1. The van der Waals surface area contributed by atoms with Crippen LogP contribution in [-0.2, 0) is 0 Å². The standard InChI is InChI=1S/C45H26N4S3/c1-2-9-27(10-3-1)32-11-8-14-37-42(32)52-45(48-37)30-20-24-39-34(26-30)33-25-29(44-47-36-13-5-7-16-41(36)51-44)19-23-38(33)49(39)31-21-17-28(18-22-31)43-46-35-12-4-6-15-40(35)50-43/h1-26H. The lowest BCUT2D eigenvalue weighted by Crippen LogP contribution is -1.94. The number of aromatic nitrogens is 4. The lowest BCUT2D eigenvalue weighted by Gasteiger charge is -2.09. The molecule has 0 unspecified atom stereocenters. The van der Waals surface area contributed by atoms with Gasteiger partial charge in [0.2, 0.25) is 0 Å². The Labute approximate surface area is 310 Å². The highest BCUT2D eigenvalue weighted by Crippen LogP contribution is 2.42. The minimum atomic E-state index is 1.02. The van der Waals surface area contributed by atoms with Gasteiger partial charge < -0.3 is 4.57 Å². The Hall–Kier alpha value is -5.99. The summed E-state index contributed by atoms with van der Waals surface area (Å²) in [5, 5.41) is 5.46. The lowest BCUT2D eigenvalue weighted by molar-refractivity contribution is 1.18. The van der Waals surface area contributed by atoms with E-state index in [0.29, 0.717) is 0 Å². The van der Waals surface area contributed by atoms with Crippen LogP contribution in [0.25, 0.3) is 101 Å². The van der Waals surface area contributed by atoms with Gasteiger partial charge in [-0.25, -0.2) is 15.0 Å². The quantitative estimate of drug-likeness (QED) is 0.178. The largest absolute Gasteiger partial charge is 0.309 e. The zero-order valence-electron chi connectivity index (χ0n) is 27.5. The van der Waals surface area contributed by atoms with Crippen LogP contribution in [0.2, 0.25) is 0 Å². The third-order valence-electron chi connectivity index (χ3n) is 9.72. The van der Waals surface area contributed by atoms with E-state index in [-0.39, 0.29) is 0 Å². The van der Waals surface area contributed by atoms with E-state index >= 15 is 0 Å². The Kier molecular flexibility index (Phi) is 6.73. The molecule has 0 saturated carbocycles. The second-order valence-corrected chi connectivity index (χ2v) is 15.9. The van der Waals surface area contributed by atoms with Crippen molar-refractivity contribution in [2.45, 2.75) is 0 Å². The molecule has 7 heteroatoms. The van der Waals surface area contributed by atoms with Crippen molar-refractivity contribution in [1.82, 2.24) is 19.5 Å². The topological polar surface area (TPSA) is 43.6 Å². The highest BCUT2D eigenvalue weighted by Gasteiger charge is 2.18. The van der Waals surface area contributed by atoms with Crippen LogP contribution in [-0.4, -0.2) is 19.5 Å². The molecular formula is C45H26N4S3. The summed E-state index contributed by atoms with van der Waals surface area (Å²) in [7, 11) is 0. The van der Waals surface area contributed by atoms with Gasteiger partial charge in [0.05, 0.1) is 41.7 Å². The first kappa shape index (κ1) is 29.7. The second kappa shape index (κ2) is 11.8. The third-order valence-corrected chi connectivity index (χ3v) is 13.0. The van der Waals surface area contributed by atoms with Gasteiger partial charge in [0.25, 0.3) is 0 Å². The molecule has 0 radical (unpaired) electrons. The molecular weight excluding hydrogens is 693 g/mol. The van der Waals surface area contributed by atoms with E-state index in [4.69, 9.17) is 15.0 Å². The fourth-order valence-corrected chi connectivity index (χ4v) is 10.3. The summed E-state index contributed by atoms with van der Waals surface area (Å²) in [5.41, 5.74) is 12.3. The van der Waals surface area contributed by atoms with Gasteiger partial charge in [0.15, 0.2) is 0 Å². The fraction of sp³-hybridized carbons (Fsp3) is 0. The molecule has 52 heavy (non-hydrogen) atoms. The van der Waals surface area contributed by atoms with E-state index in [1.807, 2.05) is 6.07 Å². The normalized spacial score (nSPS) is 11.8. The number of nitrogens with zero attached hydrogens (tertiary/aromatic N) is 4. The molecule has 11 rings (SSSR count). The number of hydrogen-bond donors (Lipinski definition) is 0. The molecule has 0 atom stereocenters. The molecule has 0 fully saturated rings. The minimum absolute atomic E-state index is 1.02. The van der Waals surface area contributed by atoms with Gasteiger partial charge in [-0.15, -0.1) is 34.0 Å². The maximum atomic E-state index is 5.16. The molecule has 11 aromatic rings. The highest BCUT2D eigenvalue weighted by molar-refractivity contribution is 7.22. The van der Waals surface area contributed by atoms with Crippen molar-refractivity contribution < 1.29 is 0 Å². The SMILES string of the molecule is c1ccc(-c2cccc3nc(-c4ccc5c(c4)c4cc(-c6nc7ccccc7s6)ccc4n5-c4ccc(-c5nc6ccccc6s5)cc4)sc23)cc1. The van der Waals surface area contributed by atoms with E-state index in [1.165, 1.54) is 36.0 Å².